The normalized spacial score (nSPS) is 11.2. The lowest BCUT2D eigenvalue weighted by atomic mass is 10.2. The number of hydrogen-bond acceptors (Lipinski definition) is 4. The molecule has 0 aliphatic carbocycles. The van der Waals surface area contributed by atoms with Crippen LogP contribution < -0.4 is 11.1 Å². The number of nitrogens with one attached hydrogen (secondary N) is 1. The van der Waals surface area contributed by atoms with Crippen molar-refractivity contribution in [1.82, 2.24) is 9.97 Å². The van der Waals surface area contributed by atoms with Gasteiger partial charge in [0.05, 0.1) is 23.6 Å². The highest BCUT2D eigenvalue weighted by atomic mass is 79.9. The lowest BCUT2D eigenvalue weighted by Gasteiger charge is -2.12. The van der Waals surface area contributed by atoms with E-state index in [0.29, 0.717) is 10.2 Å². The van der Waals surface area contributed by atoms with Gasteiger partial charge in [0.1, 0.15) is 16.5 Å². The molecule has 4 nitrogen and oxygen atoms in total. The number of rotatable bonds is 3. The Morgan fingerprint density at radius 2 is 1.95 bits per heavy atom. The monoisotopic (exact) mass is 376 g/mol. The van der Waals surface area contributed by atoms with E-state index in [4.69, 9.17) is 18.0 Å². The summed E-state index contributed by atoms with van der Waals surface area (Å²) < 4.78 is 38.5. The number of nitrogens with two attached hydrogens (primary N) is 1. The van der Waals surface area contributed by atoms with Crippen LogP contribution in [0.2, 0.25) is 0 Å². The molecule has 0 atom stereocenters. The Hall–Kier alpha value is -1.74. The number of alkyl halides is 3. The van der Waals surface area contributed by atoms with Crippen LogP contribution in [-0.4, -0.2) is 15.0 Å². The molecular formula is C12H8BrF3N4S. The summed E-state index contributed by atoms with van der Waals surface area (Å²) in [5.74, 6) is 0.273. The minimum atomic E-state index is -4.42. The van der Waals surface area contributed by atoms with Crippen LogP contribution in [0.3, 0.4) is 0 Å². The Kier molecular flexibility index (Phi) is 4.43. The van der Waals surface area contributed by atoms with Gasteiger partial charge in [-0.2, -0.15) is 13.2 Å². The van der Waals surface area contributed by atoms with Gasteiger partial charge in [-0.15, -0.1) is 0 Å². The number of nitrogens with zero attached hydrogens (tertiary/aromatic N) is 2. The fourth-order valence-corrected chi connectivity index (χ4v) is 1.91. The third-order valence-corrected chi connectivity index (χ3v) is 3.36. The Bertz CT molecular complexity index is 673. The molecule has 0 aliphatic heterocycles. The van der Waals surface area contributed by atoms with Crippen LogP contribution in [-0.2, 0) is 6.18 Å². The van der Waals surface area contributed by atoms with Crippen molar-refractivity contribution < 1.29 is 13.2 Å². The lowest BCUT2D eigenvalue weighted by Crippen LogP contribution is -2.12. The number of thiocarbonyl (C=S) groups is 1. The highest BCUT2D eigenvalue weighted by Gasteiger charge is 2.30. The molecule has 1 aromatic carbocycles. The predicted molar refractivity (Wildman–Crippen MR) is 80.3 cm³/mol. The molecule has 0 spiro atoms. The fourth-order valence-electron chi connectivity index (χ4n) is 1.46. The van der Waals surface area contributed by atoms with Crippen LogP contribution in [0.5, 0.6) is 0 Å². The van der Waals surface area contributed by atoms with Crippen molar-refractivity contribution in [2.45, 2.75) is 6.18 Å². The SMILES string of the molecule is NC(=S)c1cnc(Nc2cc(C(F)(F)F)ccc2Br)cn1. The highest BCUT2D eigenvalue weighted by Crippen LogP contribution is 2.34. The van der Waals surface area contributed by atoms with Crippen molar-refractivity contribution >= 4 is 44.6 Å². The van der Waals surface area contributed by atoms with Crippen molar-refractivity contribution in [3.8, 4) is 0 Å². The van der Waals surface area contributed by atoms with Crippen LogP contribution in [0.15, 0.2) is 35.1 Å². The third-order valence-electron chi connectivity index (χ3n) is 2.46. The smallest absolute Gasteiger partial charge is 0.388 e. The zero-order chi connectivity index (χ0) is 15.6. The summed E-state index contributed by atoms with van der Waals surface area (Å²) in [5.41, 5.74) is 5.18. The van der Waals surface area contributed by atoms with Crippen molar-refractivity contribution in [2.24, 2.45) is 5.73 Å². The predicted octanol–water partition coefficient (Wildman–Crippen LogP) is 3.64. The highest BCUT2D eigenvalue weighted by molar-refractivity contribution is 9.10. The Labute approximate surface area is 131 Å². The van der Waals surface area contributed by atoms with Crippen molar-refractivity contribution in [1.29, 1.82) is 0 Å². The Morgan fingerprint density at radius 1 is 1.24 bits per heavy atom. The van der Waals surface area contributed by atoms with Gasteiger partial charge < -0.3 is 11.1 Å². The second-order valence-electron chi connectivity index (χ2n) is 3.97. The van der Waals surface area contributed by atoms with E-state index in [9.17, 15) is 13.2 Å². The summed E-state index contributed by atoms with van der Waals surface area (Å²) in [6.07, 6.45) is -1.74. The zero-order valence-electron chi connectivity index (χ0n) is 10.3. The van der Waals surface area contributed by atoms with Crippen molar-refractivity contribution in [3.63, 3.8) is 0 Å². The Morgan fingerprint density at radius 3 is 2.48 bits per heavy atom. The summed E-state index contributed by atoms with van der Waals surface area (Å²) >= 11 is 7.91. The van der Waals surface area contributed by atoms with E-state index in [2.05, 4.69) is 31.2 Å². The van der Waals surface area contributed by atoms with Crippen LogP contribution in [0.1, 0.15) is 11.3 Å². The van der Waals surface area contributed by atoms with Gasteiger partial charge in [0.15, 0.2) is 0 Å². The van der Waals surface area contributed by atoms with Gasteiger partial charge >= 0.3 is 6.18 Å². The molecule has 0 aliphatic rings. The second-order valence-corrected chi connectivity index (χ2v) is 5.26. The molecular weight excluding hydrogens is 369 g/mol. The standard InChI is InChI=1S/C12H8BrF3N4S/c13-7-2-1-6(12(14,15)16)3-8(7)20-10-5-18-9(4-19-10)11(17)21/h1-5H,(H2,17,21)(H,19,20). The molecule has 0 amide bonds. The molecule has 0 saturated carbocycles. The van der Waals surface area contributed by atoms with E-state index in [1.165, 1.54) is 18.5 Å². The minimum absolute atomic E-state index is 0.0919. The van der Waals surface area contributed by atoms with Crippen LogP contribution >= 0.6 is 28.1 Å². The second kappa shape index (κ2) is 5.94. The maximum Gasteiger partial charge on any atom is 0.416 e. The molecule has 3 N–H and O–H groups in total. The summed E-state index contributed by atoms with van der Waals surface area (Å²) in [6, 6.07) is 3.27. The first-order chi connectivity index (χ1) is 9.77. The number of aromatic nitrogens is 2. The zero-order valence-corrected chi connectivity index (χ0v) is 12.7. The molecule has 0 bridgehead atoms. The molecule has 1 aromatic heterocycles. The summed E-state index contributed by atoms with van der Waals surface area (Å²) in [5, 5.41) is 2.75. The molecule has 110 valence electrons. The average molecular weight is 377 g/mol. The first-order valence-electron chi connectivity index (χ1n) is 5.53. The van der Waals surface area contributed by atoms with E-state index in [-0.39, 0.29) is 16.5 Å². The molecule has 0 saturated heterocycles. The van der Waals surface area contributed by atoms with Crippen LogP contribution in [0, 0.1) is 0 Å². The maximum absolute atomic E-state index is 12.7. The number of halogens is 4. The molecule has 0 radical (unpaired) electrons. The summed E-state index contributed by atoms with van der Waals surface area (Å²) in [6.45, 7) is 0. The van der Waals surface area contributed by atoms with Crippen LogP contribution in [0.25, 0.3) is 0 Å². The van der Waals surface area contributed by atoms with Crippen molar-refractivity contribution in [3.05, 3.63) is 46.3 Å². The lowest BCUT2D eigenvalue weighted by molar-refractivity contribution is -0.137. The molecule has 21 heavy (non-hydrogen) atoms. The Balaban J connectivity index is 2.28. The maximum atomic E-state index is 12.7. The quantitative estimate of drug-likeness (QED) is 0.800. The number of benzene rings is 1. The van der Waals surface area contributed by atoms with E-state index in [1.807, 2.05) is 0 Å². The molecule has 9 heteroatoms. The number of hydrogen-bond donors (Lipinski definition) is 2. The summed E-state index contributed by atoms with van der Waals surface area (Å²) in [4.78, 5) is 8.02. The van der Waals surface area contributed by atoms with Gasteiger partial charge in [0, 0.05) is 4.47 Å². The third kappa shape index (κ3) is 3.88. The molecule has 0 fully saturated rings. The van der Waals surface area contributed by atoms with Gasteiger partial charge in [-0.25, -0.2) is 9.97 Å². The first-order valence-corrected chi connectivity index (χ1v) is 6.73. The first kappa shape index (κ1) is 15.6. The molecule has 2 rings (SSSR count). The van der Waals surface area contributed by atoms with Gasteiger partial charge in [0.2, 0.25) is 0 Å². The minimum Gasteiger partial charge on any atom is -0.388 e. The van der Waals surface area contributed by atoms with Crippen LogP contribution in [0.4, 0.5) is 24.7 Å². The van der Waals surface area contributed by atoms with E-state index in [1.54, 1.807) is 0 Å². The van der Waals surface area contributed by atoms with E-state index < -0.39 is 11.7 Å². The fraction of sp³-hybridized carbons (Fsp3) is 0.0833. The molecule has 1 heterocycles. The van der Waals surface area contributed by atoms with Crippen molar-refractivity contribution in [2.75, 3.05) is 5.32 Å². The average Bonchev–Trinajstić information content (AvgIpc) is 2.40. The molecule has 2 aromatic rings. The summed E-state index contributed by atoms with van der Waals surface area (Å²) in [7, 11) is 0. The van der Waals surface area contributed by atoms with Gasteiger partial charge in [-0.1, -0.05) is 12.2 Å². The van der Waals surface area contributed by atoms with Gasteiger partial charge in [-0.3, -0.25) is 0 Å². The van der Waals surface area contributed by atoms with Gasteiger partial charge in [0.25, 0.3) is 0 Å². The molecule has 0 unspecified atom stereocenters. The van der Waals surface area contributed by atoms with E-state index >= 15 is 0 Å². The van der Waals surface area contributed by atoms with E-state index in [0.717, 1.165) is 12.1 Å². The topological polar surface area (TPSA) is 63.8 Å². The number of anilines is 2. The largest absolute Gasteiger partial charge is 0.416 e. The van der Waals surface area contributed by atoms with Gasteiger partial charge in [-0.05, 0) is 34.1 Å².